The highest BCUT2D eigenvalue weighted by molar-refractivity contribution is 14.1. The van der Waals surface area contributed by atoms with Crippen LogP contribution in [0.5, 0.6) is 0 Å². The highest BCUT2D eigenvalue weighted by Gasteiger charge is 2.40. The molecule has 0 saturated heterocycles. The van der Waals surface area contributed by atoms with Gasteiger partial charge in [0, 0.05) is 28.6 Å². The number of carbonyl (C=O) groups excluding carboxylic acids is 1. The number of carbonyl (C=O) groups is 1. The number of Topliss-reactive ketones (excluding diaryl/α,β-unsaturated/α-hetero) is 1. The number of H-pyrrole nitrogens is 1. The van der Waals surface area contributed by atoms with Gasteiger partial charge in [0.25, 0.3) is 0 Å². The number of rotatable bonds is 8. The molecule has 0 aliphatic rings. The molecular weight excluding hydrogens is 374 g/mol. The lowest BCUT2D eigenvalue weighted by Crippen LogP contribution is -2.39. The number of nitrogens with zero attached hydrogens (tertiary/aromatic N) is 1. The molecule has 0 aromatic carbocycles. The van der Waals surface area contributed by atoms with E-state index in [0.29, 0.717) is 11.7 Å². The lowest BCUT2D eigenvalue weighted by atomic mass is 9.78. The van der Waals surface area contributed by atoms with Crippen molar-refractivity contribution in [3.8, 4) is 0 Å². The van der Waals surface area contributed by atoms with E-state index in [1.807, 2.05) is 26.0 Å². The molecule has 0 spiro atoms. The first-order chi connectivity index (χ1) is 8.86. The number of nitro groups is 1. The summed E-state index contributed by atoms with van der Waals surface area (Å²) in [6.07, 6.45) is 2.38. The zero-order valence-corrected chi connectivity index (χ0v) is 14.8. The molecule has 1 aromatic rings. The third kappa shape index (κ3) is 5.24. The molecule has 1 rings (SSSR count). The van der Waals surface area contributed by atoms with Gasteiger partial charge in [-0.25, -0.2) is 20.3 Å². The van der Waals surface area contributed by atoms with Gasteiger partial charge in [0.05, 0.1) is 6.42 Å². The predicted molar refractivity (Wildman–Crippen MR) is 84.7 cm³/mol. The molecule has 19 heavy (non-hydrogen) atoms. The minimum Gasteiger partial charge on any atom is -0.365 e. The van der Waals surface area contributed by atoms with E-state index in [1.165, 1.54) is 0 Å². The molecule has 0 fully saturated rings. The molecule has 1 heterocycles. The molecule has 0 aliphatic carbocycles. The van der Waals surface area contributed by atoms with Gasteiger partial charge in [0.2, 0.25) is 6.04 Å². The van der Waals surface area contributed by atoms with E-state index in [2.05, 4.69) is 25.3 Å². The second-order valence-corrected chi connectivity index (χ2v) is 9.46. The summed E-state index contributed by atoms with van der Waals surface area (Å²) in [7, 11) is 0. The van der Waals surface area contributed by atoms with E-state index < -0.39 is 11.5 Å². The predicted octanol–water partition coefficient (Wildman–Crippen LogP) is 2.39. The molecule has 0 aliphatic heterocycles. The van der Waals surface area contributed by atoms with Crippen LogP contribution in [0.1, 0.15) is 26.0 Å². The van der Waals surface area contributed by atoms with Crippen LogP contribution in [-0.4, -0.2) is 33.7 Å². The van der Waals surface area contributed by atoms with Gasteiger partial charge >= 0.3 is 11.9 Å². The molecular formula is C12H18AlIN2O3. The van der Waals surface area contributed by atoms with Crippen molar-refractivity contribution in [3.05, 3.63) is 34.1 Å². The Morgan fingerprint density at radius 3 is 2.79 bits per heavy atom. The van der Waals surface area contributed by atoms with Crippen LogP contribution in [0.15, 0.2) is 18.3 Å². The minimum absolute atomic E-state index is 0.157. The van der Waals surface area contributed by atoms with Gasteiger partial charge in [0.15, 0.2) is 0 Å². The van der Waals surface area contributed by atoms with Crippen molar-refractivity contribution in [2.24, 2.45) is 5.41 Å². The van der Waals surface area contributed by atoms with Crippen molar-refractivity contribution in [1.82, 2.24) is 4.98 Å². The maximum atomic E-state index is 11.8. The fourth-order valence-electron chi connectivity index (χ4n) is 2.16. The summed E-state index contributed by atoms with van der Waals surface area (Å²) >= 11 is 1.93. The van der Waals surface area contributed by atoms with Crippen LogP contribution in [0.4, 0.5) is 0 Å². The summed E-state index contributed by atoms with van der Waals surface area (Å²) in [5.41, 5.74) is 0.219. The molecule has 0 amide bonds. The Morgan fingerprint density at radius 2 is 2.32 bits per heavy atom. The van der Waals surface area contributed by atoms with Crippen LogP contribution in [0.25, 0.3) is 0 Å². The smallest absolute Gasteiger partial charge is 0.344 e. The van der Waals surface area contributed by atoms with Crippen molar-refractivity contribution >= 4 is 38.0 Å². The van der Waals surface area contributed by atoms with Crippen molar-refractivity contribution < 1.29 is 9.72 Å². The average Bonchev–Trinajstić information content (AvgIpc) is 2.77. The summed E-state index contributed by atoms with van der Waals surface area (Å²) in [5.74, 6) is 0.157. The van der Waals surface area contributed by atoms with Gasteiger partial charge in [0.1, 0.15) is 5.78 Å². The number of hydrogen-bond donors (Lipinski definition) is 1. The maximum Gasteiger partial charge on any atom is 0.344 e. The first-order valence-corrected chi connectivity index (χ1v) is 12.3. The molecule has 0 radical (unpaired) electrons. The fraction of sp³-hybridized carbons (Fsp3) is 0.583. The van der Waals surface area contributed by atoms with Gasteiger partial charge in [-0.2, -0.15) is 0 Å². The third-order valence-corrected chi connectivity index (χ3v) is 5.62. The number of hydrogen-bond acceptors (Lipinski definition) is 3. The summed E-state index contributed by atoms with van der Waals surface area (Å²) in [4.78, 5) is 25.8. The highest BCUT2D eigenvalue weighted by atomic mass is 127. The molecule has 104 valence electrons. The molecule has 1 atom stereocenters. The van der Waals surface area contributed by atoms with Gasteiger partial charge in [-0.1, -0.05) is 13.8 Å². The third-order valence-electron chi connectivity index (χ3n) is 3.26. The maximum absolute atomic E-state index is 11.8. The van der Waals surface area contributed by atoms with E-state index in [4.69, 9.17) is 0 Å². The Labute approximate surface area is 130 Å². The molecule has 1 aromatic heterocycles. The van der Waals surface area contributed by atoms with Crippen molar-refractivity contribution in [2.75, 3.05) is 0 Å². The van der Waals surface area contributed by atoms with Crippen LogP contribution in [0.2, 0.25) is 5.28 Å². The molecule has 5 nitrogen and oxygen atoms in total. The van der Waals surface area contributed by atoms with Gasteiger partial charge < -0.3 is 9.78 Å². The normalized spacial score (nSPS) is 13.0. The Hall–Kier alpha value is -0.388. The van der Waals surface area contributed by atoms with Crippen molar-refractivity contribution in [3.63, 3.8) is 0 Å². The van der Waals surface area contributed by atoms with Crippen LogP contribution in [0.3, 0.4) is 0 Å². The first kappa shape index (κ1) is 16.7. The van der Waals surface area contributed by atoms with Crippen LogP contribution in [-0.2, 0) is 11.2 Å². The quantitative estimate of drug-likeness (QED) is 0.320. The highest BCUT2D eigenvalue weighted by Crippen LogP contribution is 2.30. The van der Waals surface area contributed by atoms with Gasteiger partial charge in [-0.05, 0) is 17.4 Å². The second-order valence-electron chi connectivity index (χ2n) is 5.34. The van der Waals surface area contributed by atoms with E-state index in [0.717, 1.165) is 5.69 Å². The van der Waals surface area contributed by atoms with E-state index in [9.17, 15) is 14.9 Å². The Kier molecular flexibility index (Phi) is 6.50. The summed E-state index contributed by atoms with van der Waals surface area (Å²) < 4.78 is 0. The standard InChI is InChI=1S/C12H17N2O3.Al.HI.H/c1-9(15)8-12(2,3)11(14(16)17)7-10-5-4-6-13-10;;;/h4-6,11,13H,1,7-8H2,2-3H3;;1H;/q;+1;;/p-1. The Morgan fingerprint density at radius 1 is 1.63 bits per heavy atom. The summed E-state index contributed by atoms with van der Waals surface area (Å²) in [5, 5.41) is 11.9. The molecule has 7 heteroatoms. The average molecular weight is 392 g/mol. The number of aromatic nitrogens is 1. The molecule has 0 saturated carbocycles. The molecule has 1 N–H and O–H groups in total. The number of ketones is 1. The summed E-state index contributed by atoms with van der Waals surface area (Å²) in [6.45, 7) is 3.63. The van der Waals surface area contributed by atoms with E-state index in [1.54, 1.807) is 6.20 Å². The topological polar surface area (TPSA) is 76.0 Å². The SMILES string of the molecule is CC(C)(CC(=O)[CH2][AlH][I])C(Cc1ccc[nH]1)[N+](=O)[O-]. The fourth-order valence-corrected chi connectivity index (χ4v) is 4.35. The van der Waals surface area contributed by atoms with Gasteiger partial charge in [-0.3, -0.25) is 10.1 Å². The molecule has 1 unspecified atom stereocenters. The van der Waals surface area contributed by atoms with Gasteiger partial charge in [-0.15, -0.1) is 0 Å². The lowest BCUT2D eigenvalue weighted by Gasteiger charge is -2.27. The van der Waals surface area contributed by atoms with Crippen LogP contribution in [0, 0.1) is 15.5 Å². The Balaban J connectivity index is 2.79. The zero-order valence-electron chi connectivity index (χ0n) is 11.2. The lowest BCUT2D eigenvalue weighted by molar-refractivity contribution is -0.540. The van der Waals surface area contributed by atoms with Crippen molar-refractivity contribution in [1.29, 1.82) is 0 Å². The molecule has 0 bridgehead atoms. The van der Waals surface area contributed by atoms with Crippen molar-refractivity contribution in [2.45, 2.75) is 38.0 Å². The van der Waals surface area contributed by atoms with Crippen LogP contribution < -0.4 is 0 Å². The monoisotopic (exact) mass is 392 g/mol. The number of aromatic amines is 1. The summed E-state index contributed by atoms with van der Waals surface area (Å²) in [6, 6.07) is 2.92. The van der Waals surface area contributed by atoms with E-state index >= 15 is 0 Å². The minimum atomic E-state index is -0.744. The number of nitrogens with one attached hydrogen (secondary N) is 1. The van der Waals surface area contributed by atoms with E-state index in [-0.39, 0.29) is 29.1 Å². The second kappa shape index (κ2) is 7.41. The number of halogens is 1. The Bertz CT molecular complexity index is 434. The zero-order chi connectivity index (χ0) is 14.5. The largest absolute Gasteiger partial charge is 0.365 e. The first-order valence-electron chi connectivity index (χ1n) is 6.20. The van der Waals surface area contributed by atoms with Crippen LogP contribution >= 0.6 is 20.3 Å².